The molecule has 0 saturated carbocycles. The van der Waals surface area contributed by atoms with E-state index >= 15 is 0 Å². The van der Waals surface area contributed by atoms with E-state index in [9.17, 15) is 9.90 Å². The quantitative estimate of drug-likeness (QED) is 0.921. The van der Waals surface area contributed by atoms with Gasteiger partial charge in [-0.2, -0.15) is 0 Å². The van der Waals surface area contributed by atoms with Crippen LogP contribution >= 0.6 is 0 Å². The number of aliphatic hydroxyl groups is 1. The van der Waals surface area contributed by atoms with Gasteiger partial charge in [0.25, 0.3) is 0 Å². The van der Waals surface area contributed by atoms with Gasteiger partial charge in [-0.3, -0.25) is 4.79 Å². The fourth-order valence-electron chi connectivity index (χ4n) is 3.89. The second kappa shape index (κ2) is 6.71. The lowest BCUT2D eigenvalue weighted by Crippen LogP contribution is -2.48. The minimum absolute atomic E-state index is 0.193. The number of carbonyl (C=O) groups is 1. The Labute approximate surface area is 144 Å². The first-order valence-electron chi connectivity index (χ1n) is 8.96. The smallest absolute Gasteiger partial charge is 0.223 e. The zero-order valence-electron chi connectivity index (χ0n) is 14.9. The molecule has 2 aliphatic rings. The number of hydrogen-bond donors (Lipinski definition) is 1. The van der Waals surface area contributed by atoms with E-state index in [1.807, 2.05) is 43.9 Å². The largest absolute Gasteiger partial charge is 0.472 e. The topological polar surface area (TPSA) is 62.7 Å². The van der Waals surface area contributed by atoms with Crippen LogP contribution in [0, 0.1) is 0 Å². The van der Waals surface area contributed by atoms with Gasteiger partial charge in [0.1, 0.15) is 5.60 Å². The van der Waals surface area contributed by atoms with Crippen molar-refractivity contribution in [3.05, 3.63) is 23.9 Å². The van der Waals surface area contributed by atoms with Crippen molar-refractivity contribution < 1.29 is 14.6 Å². The number of amides is 1. The van der Waals surface area contributed by atoms with Gasteiger partial charge < -0.3 is 14.7 Å². The molecule has 0 unspecified atom stereocenters. The summed E-state index contributed by atoms with van der Waals surface area (Å²) in [6.07, 6.45) is 4.37. The zero-order valence-corrected chi connectivity index (χ0v) is 14.9. The Morgan fingerprint density at radius 3 is 2.58 bits per heavy atom. The Balaban J connectivity index is 1.58. The molecular weight excluding hydrogens is 304 g/mol. The van der Waals surface area contributed by atoms with Crippen molar-refractivity contribution in [1.82, 2.24) is 9.88 Å². The Hall–Kier alpha value is -1.62. The first-order valence-corrected chi connectivity index (χ1v) is 8.96. The number of ether oxygens (including phenoxy) is 1. The Bertz CT molecular complexity index is 583. The molecule has 132 valence electrons. The Morgan fingerprint density at radius 2 is 1.96 bits per heavy atom. The van der Waals surface area contributed by atoms with Crippen molar-refractivity contribution in [3.63, 3.8) is 0 Å². The normalized spacial score (nSPS) is 26.5. The highest BCUT2D eigenvalue weighted by molar-refractivity contribution is 5.77. The van der Waals surface area contributed by atoms with Crippen LogP contribution in [0.15, 0.2) is 18.2 Å². The van der Waals surface area contributed by atoms with Crippen LogP contribution in [0.3, 0.4) is 0 Å². The molecule has 1 aromatic rings. The van der Waals surface area contributed by atoms with E-state index in [-0.39, 0.29) is 29.7 Å². The van der Waals surface area contributed by atoms with E-state index < -0.39 is 0 Å². The molecule has 2 saturated heterocycles. The van der Waals surface area contributed by atoms with Crippen molar-refractivity contribution in [2.45, 2.75) is 83.1 Å². The van der Waals surface area contributed by atoms with Crippen LogP contribution in [0.5, 0.6) is 5.88 Å². The van der Waals surface area contributed by atoms with E-state index in [0.717, 1.165) is 31.4 Å². The van der Waals surface area contributed by atoms with Crippen molar-refractivity contribution in [2.24, 2.45) is 0 Å². The van der Waals surface area contributed by atoms with Crippen LogP contribution in [0.1, 0.15) is 58.6 Å². The lowest BCUT2D eigenvalue weighted by atomic mass is 9.99. The molecule has 2 aliphatic heterocycles. The van der Waals surface area contributed by atoms with Crippen LogP contribution < -0.4 is 4.74 Å². The monoisotopic (exact) mass is 332 g/mol. The average molecular weight is 332 g/mol. The highest BCUT2D eigenvalue weighted by Gasteiger charge is 2.42. The zero-order chi connectivity index (χ0) is 17.3. The summed E-state index contributed by atoms with van der Waals surface area (Å²) in [7, 11) is 0. The Kier molecular flexibility index (Phi) is 4.81. The van der Waals surface area contributed by atoms with Gasteiger partial charge in [-0.1, -0.05) is 6.07 Å². The van der Waals surface area contributed by atoms with E-state index in [2.05, 4.69) is 4.98 Å². The van der Waals surface area contributed by atoms with E-state index in [4.69, 9.17) is 4.74 Å². The minimum Gasteiger partial charge on any atom is -0.472 e. The fraction of sp³-hybridized carbons (Fsp3) is 0.684. The highest BCUT2D eigenvalue weighted by atomic mass is 16.5. The molecule has 2 atom stereocenters. The molecule has 3 heterocycles. The van der Waals surface area contributed by atoms with Gasteiger partial charge in [-0.15, -0.1) is 0 Å². The van der Waals surface area contributed by atoms with Crippen molar-refractivity contribution in [3.8, 4) is 5.88 Å². The van der Waals surface area contributed by atoms with Crippen LogP contribution in [0.25, 0.3) is 0 Å². The molecule has 3 rings (SSSR count). The molecule has 0 radical (unpaired) electrons. The second-order valence-electron chi connectivity index (χ2n) is 7.99. The summed E-state index contributed by atoms with van der Waals surface area (Å²) < 4.78 is 5.79. The molecule has 5 nitrogen and oxygen atoms in total. The molecule has 1 aromatic heterocycles. The van der Waals surface area contributed by atoms with E-state index in [0.29, 0.717) is 18.7 Å². The first-order chi connectivity index (χ1) is 11.3. The standard InChI is InChI=1S/C19H28N2O3/c1-19(2,3)24-17-6-4-5-13(20-17)7-10-18(23)21-14-8-9-15(21)12-16(22)11-14/h4-6,14-16,22H,7-12H2,1-3H3/t14-,15-/m0/s1. The van der Waals surface area contributed by atoms with Gasteiger partial charge in [0.2, 0.25) is 11.8 Å². The number of aromatic nitrogens is 1. The summed E-state index contributed by atoms with van der Waals surface area (Å²) in [5, 5.41) is 9.86. The van der Waals surface area contributed by atoms with Gasteiger partial charge >= 0.3 is 0 Å². The fourth-order valence-corrected chi connectivity index (χ4v) is 3.89. The minimum atomic E-state index is -0.282. The molecule has 5 heteroatoms. The Morgan fingerprint density at radius 1 is 1.29 bits per heavy atom. The van der Waals surface area contributed by atoms with Crippen molar-refractivity contribution >= 4 is 5.91 Å². The number of carbonyl (C=O) groups excluding carboxylic acids is 1. The van der Waals surface area contributed by atoms with Crippen LogP contribution in [0.2, 0.25) is 0 Å². The molecule has 0 spiro atoms. The number of rotatable bonds is 4. The van der Waals surface area contributed by atoms with E-state index in [1.165, 1.54) is 0 Å². The van der Waals surface area contributed by atoms with Gasteiger partial charge in [-0.05, 0) is 58.9 Å². The summed E-state index contributed by atoms with van der Waals surface area (Å²) in [5.41, 5.74) is 0.601. The molecule has 1 amide bonds. The summed E-state index contributed by atoms with van der Waals surface area (Å²) >= 11 is 0. The van der Waals surface area contributed by atoms with Crippen LogP contribution in [-0.4, -0.2) is 44.7 Å². The number of nitrogens with zero attached hydrogens (tertiary/aromatic N) is 2. The summed E-state index contributed by atoms with van der Waals surface area (Å²) in [4.78, 5) is 19.2. The molecular formula is C19H28N2O3. The predicted octanol–water partition coefficient (Wildman–Crippen LogP) is 2.71. The molecule has 0 aromatic carbocycles. The number of aryl methyl sites for hydroxylation is 1. The van der Waals surface area contributed by atoms with Gasteiger partial charge in [-0.25, -0.2) is 4.98 Å². The third-order valence-corrected chi connectivity index (χ3v) is 4.78. The SMILES string of the molecule is CC(C)(C)Oc1cccc(CCC(=O)N2[C@H]3CC[C@H]2CC(O)C3)n1. The number of aliphatic hydroxyl groups excluding tert-OH is 1. The maximum atomic E-state index is 12.6. The maximum Gasteiger partial charge on any atom is 0.223 e. The first kappa shape index (κ1) is 17.2. The molecule has 1 N–H and O–H groups in total. The number of fused-ring (bicyclic) bond motifs is 2. The molecule has 2 bridgehead atoms. The number of pyridine rings is 1. The lowest BCUT2D eigenvalue weighted by molar-refractivity contribution is -0.137. The van der Waals surface area contributed by atoms with Crippen LogP contribution in [-0.2, 0) is 11.2 Å². The number of piperidine rings is 1. The van der Waals surface area contributed by atoms with Crippen molar-refractivity contribution in [1.29, 1.82) is 0 Å². The number of hydrogen-bond acceptors (Lipinski definition) is 4. The predicted molar refractivity (Wildman–Crippen MR) is 91.8 cm³/mol. The van der Waals surface area contributed by atoms with Crippen LogP contribution in [0.4, 0.5) is 0 Å². The van der Waals surface area contributed by atoms with Gasteiger partial charge in [0, 0.05) is 30.3 Å². The molecule has 0 aliphatic carbocycles. The summed E-state index contributed by atoms with van der Waals surface area (Å²) in [5.74, 6) is 0.798. The summed E-state index contributed by atoms with van der Waals surface area (Å²) in [6, 6.07) is 6.18. The maximum absolute atomic E-state index is 12.6. The lowest BCUT2D eigenvalue weighted by Gasteiger charge is -2.37. The third kappa shape index (κ3) is 4.07. The summed E-state index contributed by atoms with van der Waals surface area (Å²) in [6.45, 7) is 5.97. The molecule has 2 fully saturated rings. The van der Waals surface area contributed by atoms with Crippen molar-refractivity contribution in [2.75, 3.05) is 0 Å². The van der Waals surface area contributed by atoms with Gasteiger partial charge in [0.05, 0.1) is 6.10 Å². The highest BCUT2D eigenvalue weighted by Crippen LogP contribution is 2.36. The molecule has 24 heavy (non-hydrogen) atoms. The average Bonchev–Trinajstić information content (AvgIpc) is 2.75. The van der Waals surface area contributed by atoms with E-state index in [1.54, 1.807) is 0 Å². The third-order valence-electron chi connectivity index (χ3n) is 4.78. The van der Waals surface area contributed by atoms with Gasteiger partial charge in [0.15, 0.2) is 0 Å². The second-order valence-corrected chi connectivity index (χ2v) is 7.99.